The molecular formula is C11H14ClN5S. The SMILES string of the molecule is C[C@@H]1CN(c2n[nH]c(-c3sccc3Cl)n2)CCN1. The van der Waals surface area contributed by atoms with E-state index in [1.165, 1.54) is 0 Å². The molecule has 2 aromatic heterocycles. The summed E-state index contributed by atoms with van der Waals surface area (Å²) in [5.74, 6) is 1.50. The van der Waals surface area contributed by atoms with Crippen molar-refractivity contribution < 1.29 is 0 Å². The number of halogens is 1. The van der Waals surface area contributed by atoms with Crippen LogP contribution in [0.1, 0.15) is 6.92 Å². The van der Waals surface area contributed by atoms with Crippen LogP contribution in [0.15, 0.2) is 11.4 Å². The Morgan fingerprint density at radius 3 is 3.17 bits per heavy atom. The first-order chi connectivity index (χ1) is 8.74. The van der Waals surface area contributed by atoms with E-state index in [4.69, 9.17) is 11.6 Å². The fourth-order valence-corrected chi connectivity index (χ4v) is 3.16. The molecule has 7 heteroatoms. The molecule has 0 aromatic carbocycles. The third-order valence-electron chi connectivity index (χ3n) is 2.96. The monoisotopic (exact) mass is 283 g/mol. The van der Waals surface area contributed by atoms with Crippen molar-refractivity contribution in [2.45, 2.75) is 13.0 Å². The Bertz CT molecular complexity index is 537. The minimum Gasteiger partial charge on any atom is -0.337 e. The molecule has 1 fully saturated rings. The van der Waals surface area contributed by atoms with Gasteiger partial charge < -0.3 is 10.2 Å². The van der Waals surface area contributed by atoms with Crippen molar-refractivity contribution >= 4 is 28.9 Å². The smallest absolute Gasteiger partial charge is 0.245 e. The first-order valence-electron chi connectivity index (χ1n) is 5.88. The van der Waals surface area contributed by atoms with Crippen LogP contribution in [0.4, 0.5) is 5.95 Å². The maximum Gasteiger partial charge on any atom is 0.245 e. The second kappa shape index (κ2) is 4.87. The zero-order valence-corrected chi connectivity index (χ0v) is 11.6. The molecule has 1 aliphatic rings. The second-order valence-electron chi connectivity index (χ2n) is 4.38. The van der Waals surface area contributed by atoms with Gasteiger partial charge in [-0.2, -0.15) is 4.98 Å². The maximum absolute atomic E-state index is 6.09. The summed E-state index contributed by atoms with van der Waals surface area (Å²) >= 11 is 7.66. The van der Waals surface area contributed by atoms with Gasteiger partial charge in [-0.15, -0.1) is 16.4 Å². The van der Waals surface area contributed by atoms with E-state index in [2.05, 4.69) is 32.3 Å². The molecule has 96 valence electrons. The van der Waals surface area contributed by atoms with Gasteiger partial charge in [0.05, 0.1) is 9.90 Å². The van der Waals surface area contributed by atoms with E-state index in [0.29, 0.717) is 6.04 Å². The van der Waals surface area contributed by atoms with Crippen molar-refractivity contribution in [2.75, 3.05) is 24.5 Å². The minimum absolute atomic E-state index is 0.464. The zero-order chi connectivity index (χ0) is 12.5. The molecule has 0 bridgehead atoms. The molecule has 0 aliphatic carbocycles. The Hall–Kier alpha value is -1.11. The van der Waals surface area contributed by atoms with Gasteiger partial charge in [-0.3, -0.25) is 5.10 Å². The molecule has 2 N–H and O–H groups in total. The van der Waals surface area contributed by atoms with Crippen LogP contribution in [0.25, 0.3) is 10.7 Å². The number of piperazine rings is 1. The van der Waals surface area contributed by atoms with Gasteiger partial charge in [-0.1, -0.05) is 11.6 Å². The standard InChI is InChI=1S/C11H14ClN5S/c1-7-6-17(4-3-13-7)11-14-10(15-16-11)9-8(12)2-5-18-9/h2,5,7,13H,3-4,6H2,1H3,(H,14,15,16)/t7-/m1/s1. The highest BCUT2D eigenvalue weighted by Crippen LogP contribution is 2.31. The number of aromatic nitrogens is 3. The zero-order valence-electron chi connectivity index (χ0n) is 9.98. The average molecular weight is 284 g/mol. The normalized spacial score (nSPS) is 20.3. The molecule has 0 radical (unpaired) electrons. The molecule has 1 atom stereocenters. The van der Waals surface area contributed by atoms with Crippen LogP contribution in [-0.4, -0.2) is 40.9 Å². The van der Waals surface area contributed by atoms with Gasteiger partial charge in [0.1, 0.15) is 0 Å². The van der Waals surface area contributed by atoms with Gasteiger partial charge >= 0.3 is 0 Å². The highest BCUT2D eigenvalue weighted by Gasteiger charge is 2.20. The first-order valence-corrected chi connectivity index (χ1v) is 7.14. The van der Waals surface area contributed by atoms with Crippen molar-refractivity contribution in [1.82, 2.24) is 20.5 Å². The Labute approximate surface area is 114 Å². The Morgan fingerprint density at radius 2 is 2.44 bits per heavy atom. The van der Waals surface area contributed by atoms with E-state index in [0.717, 1.165) is 41.3 Å². The quantitative estimate of drug-likeness (QED) is 0.885. The predicted octanol–water partition coefficient (Wildman–Crippen LogP) is 1.98. The van der Waals surface area contributed by atoms with Crippen LogP contribution >= 0.6 is 22.9 Å². The third-order valence-corrected chi connectivity index (χ3v) is 4.31. The summed E-state index contributed by atoms with van der Waals surface area (Å²) in [5.41, 5.74) is 0. The van der Waals surface area contributed by atoms with E-state index in [1.54, 1.807) is 11.3 Å². The lowest BCUT2D eigenvalue weighted by atomic mass is 10.2. The highest BCUT2D eigenvalue weighted by atomic mass is 35.5. The Balaban J connectivity index is 1.83. The molecule has 1 aliphatic heterocycles. The summed E-state index contributed by atoms with van der Waals surface area (Å²) < 4.78 is 0. The van der Waals surface area contributed by atoms with Gasteiger partial charge in [-0.25, -0.2) is 0 Å². The van der Waals surface area contributed by atoms with E-state index in [1.807, 2.05) is 11.4 Å². The summed E-state index contributed by atoms with van der Waals surface area (Å²) in [7, 11) is 0. The van der Waals surface area contributed by atoms with E-state index >= 15 is 0 Å². The van der Waals surface area contributed by atoms with Crippen molar-refractivity contribution in [3.8, 4) is 10.7 Å². The summed E-state index contributed by atoms with van der Waals surface area (Å²) in [6.45, 7) is 4.98. The van der Waals surface area contributed by atoms with Gasteiger partial charge in [0.2, 0.25) is 5.95 Å². The number of thiophene rings is 1. The molecule has 3 rings (SSSR count). The molecule has 0 saturated carbocycles. The van der Waals surface area contributed by atoms with Crippen LogP contribution < -0.4 is 10.2 Å². The number of rotatable bonds is 2. The second-order valence-corrected chi connectivity index (χ2v) is 5.71. The number of hydrogen-bond acceptors (Lipinski definition) is 5. The molecule has 2 aromatic rings. The first kappa shape index (κ1) is 12.0. The van der Waals surface area contributed by atoms with E-state index < -0.39 is 0 Å². The summed E-state index contributed by atoms with van der Waals surface area (Å²) in [4.78, 5) is 7.66. The molecule has 5 nitrogen and oxygen atoms in total. The Kier molecular flexibility index (Phi) is 3.23. The van der Waals surface area contributed by atoms with Crippen molar-refractivity contribution in [3.05, 3.63) is 16.5 Å². The molecule has 18 heavy (non-hydrogen) atoms. The van der Waals surface area contributed by atoms with Crippen molar-refractivity contribution in [3.63, 3.8) is 0 Å². The lowest BCUT2D eigenvalue weighted by Gasteiger charge is -2.30. The number of aromatic amines is 1. The van der Waals surface area contributed by atoms with Gasteiger partial charge in [0.25, 0.3) is 0 Å². The van der Waals surface area contributed by atoms with Crippen LogP contribution in [0, 0.1) is 0 Å². The van der Waals surface area contributed by atoms with Crippen LogP contribution in [0.5, 0.6) is 0 Å². The molecule has 1 saturated heterocycles. The summed E-state index contributed by atoms with van der Waals surface area (Å²) in [6, 6.07) is 2.34. The predicted molar refractivity (Wildman–Crippen MR) is 74.4 cm³/mol. The van der Waals surface area contributed by atoms with Gasteiger partial charge in [0.15, 0.2) is 5.82 Å². The summed E-state index contributed by atoms with van der Waals surface area (Å²) in [5, 5.41) is 13.3. The average Bonchev–Trinajstić information content (AvgIpc) is 2.97. The topological polar surface area (TPSA) is 56.8 Å². The highest BCUT2D eigenvalue weighted by molar-refractivity contribution is 7.14. The number of nitrogens with zero attached hydrogens (tertiary/aromatic N) is 3. The molecule has 0 spiro atoms. The number of nitrogens with one attached hydrogen (secondary N) is 2. The number of H-pyrrole nitrogens is 1. The summed E-state index contributed by atoms with van der Waals surface area (Å²) in [6.07, 6.45) is 0. The largest absolute Gasteiger partial charge is 0.337 e. The fraction of sp³-hybridized carbons (Fsp3) is 0.455. The van der Waals surface area contributed by atoms with E-state index in [9.17, 15) is 0 Å². The van der Waals surface area contributed by atoms with Gasteiger partial charge in [-0.05, 0) is 18.4 Å². The third kappa shape index (κ3) is 2.23. The molecular weight excluding hydrogens is 270 g/mol. The van der Waals surface area contributed by atoms with E-state index in [-0.39, 0.29) is 0 Å². The van der Waals surface area contributed by atoms with Crippen molar-refractivity contribution in [1.29, 1.82) is 0 Å². The Morgan fingerprint density at radius 1 is 1.56 bits per heavy atom. The molecule has 0 amide bonds. The minimum atomic E-state index is 0.464. The van der Waals surface area contributed by atoms with Crippen LogP contribution in [-0.2, 0) is 0 Å². The molecule has 0 unspecified atom stereocenters. The van der Waals surface area contributed by atoms with Crippen LogP contribution in [0.2, 0.25) is 5.02 Å². The lowest BCUT2D eigenvalue weighted by molar-refractivity contribution is 0.480. The number of hydrogen-bond donors (Lipinski definition) is 2. The van der Waals surface area contributed by atoms with Crippen molar-refractivity contribution in [2.24, 2.45) is 0 Å². The lowest BCUT2D eigenvalue weighted by Crippen LogP contribution is -2.49. The number of anilines is 1. The van der Waals surface area contributed by atoms with Gasteiger partial charge in [0, 0.05) is 25.7 Å². The van der Waals surface area contributed by atoms with Crippen LogP contribution in [0.3, 0.4) is 0 Å². The molecule has 3 heterocycles. The fourth-order valence-electron chi connectivity index (χ4n) is 2.07. The maximum atomic E-state index is 6.09.